The first-order valence-corrected chi connectivity index (χ1v) is 13.2. The average molecular weight is 701 g/mol. The van der Waals surface area contributed by atoms with Crippen molar-refractivity contribution in [2.24, 2.45) is 0 Å². The summed E-state index contributed by atoms with van der Waals surface area (Å²) in [6.07, 6.45) is 1.31. The predicted octanol–water partition coefficient (Wildman–Crippen LogP) is 5.94. The molecule has 39 heavy (non-hydrogen) atoms. The number of nitrogens with zero attached hydrogens (tertiary/aromatic N) is 1. The Kier molecular flexibility index (Phi) is 9.01. The fourth-order valence-corrected chi connectivity index (χ4v) is 4.79. The highest BCUT2D eigenvalue weighted by molar-refractivity contribution is 14.1. The van der Waals surface area contributed by atoms with Gasteiger partial charge in [-0.25, -0.2) is 9.69 Å². The number of para-hydroxylation sites is 1. The van der Waals surface area contributed by atoms with Gasteiger partial charge >= 0.3 is 6.03 Å². The number of amides is 5. The van der Waals surface area contributed by atoms with Crippen LogP contribution < -0.4 is 25.0 Å². The zero-order valence-electron chi connectivity index (χ0n) is 19.9. The molecule has 9 nitrogen and oxygen atoms in total. The van der Waals surface area contributed by atoms with Crippen molar-refractivity contribution in [3.63, 3.8) is 0 Å². The predicted molar refractivity (Wildman–Crippen MR) is 157 cm³/mol. The number of nitrogens with one attached hydrogen (secondary N) is 2. The molecule has 200 valence electrons. The molecule has 0 aromatic heterocycles. The minimum atomic E-state index is -0.925. The Labute approximate surface area is 251 Å². The minimum absolute atomic E-state index is 0.132. The summed E-state index contributed by atoms with van der Waals surface area (Å²) in [5.74, 6) is -1.63. The van der Waals surface area contributed by atoms with Gasteiger partial charge in [0, 0.05) is 0 Å². The van der Waals surface area contributed by atoms with Crippen molar-refractivity contribution in [1.82, 2.24) is 5.32 Å². The van der Waals surface area contributed by atoms with Crippen LogP contribution in [0.3, 0.4) is 0 Å². The molecule has 5 amide bonds. The number of benzene rings is 3. The van der Waals surface area contributed by atoms with Gasteiger partial charge in [0.25, 0.3) is 17.7 Å². The number of hydrogen-bond donors (Lipinski definition) is 2. The number of carbonyl (C=O) groups excluding carboxylic acids is 4. The molecule has 1 aliphatic heterocycles. The molecule has 3 aromatic rings. The van der Waals surface area contributed by atoms with Crippen molar-refractivity contribution >= 4 is 98.6 Å². The summed E-state index contributed by atoms with van der Waals surface area (Å²) in [6, 6.07) is 13.2. The number of halogens is 4. The maximum Gasteiger partial charge on any atom is 0.335 e. The Hall–Kier alpha value is -3.32. The van der Waals surface area contributed by atoms with Crippen molar-refractivity contribution in [1.29, 1.82) is 0 Å². The highest BCUT2D eigenvalue weighted by Gasteiger charge is 2.37. The van der Waals surface area contributed by atoms with E-state index in [0.717, 1.165) is 4.90 Å². The molecular weight excluding hydrogens is 684 g/mol. The molecule has 0 spiro atoms. The minimum Gasteiger partial charge on any atom is -0.493 e. The van der Waals surface area contributed by atoms with Crippen LogP contribution in [0.25, 0.3) is 6.08 Å². The van der Waals surface area contributed by atoms with E-state index in [0.29, 0.717) is 19.8 Å². The second kappa shape index (κ2) is 12.2. The van der Waals surface area contributed by atoms with E-state index in [1.165, 1.54) is 37.5 Å². The van der Waals surface area contributed by atoms with Gasteiger partial charge in [-0.05, 0) is 76.7 Å². The summed E-state index contributed by atoms with van der Waals surface area (Å²) in [6.45, 7) is -0.334. The average Bonchev–Trinajstić information content (AvgIpc) is 2.89. The van der Waals surface area contributed by atoms with Gasteiger partial charge in [-0.3, -0.25) is 19.7 Å². The van der Waals surface area contributed by atoms with Crippen LogP contribution in [0, 0.1) is 3.57 Å². The Morgan fingerprint density at radius 1 is 1.03 bits per heavy atom. The molecule has 0 aliphatic carbocycles. The van der Waals surface area contributed by atoms with E-state index in [9.17, 15) is 19.2 Å². The Morgan fingerprint density at radius 2 is 1.77 bits per heavy atom. The van der Waals surface area contributed by atoms with Gasteiger partial charge in [-0.2, -0.15) is 0 Å². The van der Waals surface area contributed by atoms with E-state index in [1.54, 1.807) is 30.3 Å². The molecule has 3 aromatic carbocycles. The number of urea groups is 1. The van der Waals surface area contributed by atoms with Gasteiger partial charge in [0.2, 0.25) is 0 Å². The smallest absolute Gasteiger partial charge is 0.335 e. The number of barbiturate groups is 1. The third-order valence-corrected chi connectivity index (χ3v) is 7.19. The van der Waals surface area contributed by atoms with Crippen molar-refractivity contribution < 1.29 is 28.7 Å². The van der Waals surface area contributed by atoms with E-state index in [4.69, 9.17) is 44.3 Å². The number of imide groups is 2. The molecule has 13 heteroatoms. The van der Waals surface area contributed by atoms with Crippen molar-refractivity contribution in [2.75, 3.05) is 23.9 Å². The summed E-state index contributed by atoms with van der Waals surface area (Å²) in [4.78, 5) is 51.4. The highest BCUT2D eigenvalue weighted by atomic mass is 127. The summed E-state index contributed by atoms with van der Waals surface area (Å²) in [5.41, 5.74) is 0.689. The summed E-state index contributed by atoms with van der Waals surface area (Å²) in [7, 11) is 1.40. The first-order chi connectivity index (χ1) is 18.6. The van der Waals surface area contributed by atoms with E-state index in [2.05, 4.69) is 10.6 Å². The Morgan fingerprint density at radius 3 is 2.46 bits per heavy atom. The lowest BCUT2D eigenvalue weighted by atomic mass is 10.1. The van der Waals surface area contributed by atoms with Gasteiger partial charge in [-0.15, -0.1) is 0 Å². The maximum atomic E-state index is 13.2. The fourth-order valence-electron chi connectivity index (χ4n) is 3.53. The largest absolute Gasteiger partial charge is 0.493 e. The molecule has 1 heterocycles. The van der Waals surface area contributed by atoms with E-state index >= 15 is 0 Å². The fraction of sp³-hybridized carbons (Fsp3) is 0.0769. The quantitative estimate of drug-likeness (QED) is 0.179. The van der Waals surface area contributed by atoms with E-state index < -0.39 is 23.8 Å². The summed E-state index contributed by atoms with van der Waals surface area (Å²) < 4.78 is 11.7. The molecule has 2 N–H and O–H groups in total. The van der Waals surface area contributed by atoms with Gasteiger partial charge in [0.1, 0.15) is 5.57 Å². The van der Waals surface area contributed by atoms with Crippen LogP contribution in [0.2, 0.25) is 15.1 Å². The van der Waals surface area contributed by atoms with Crippen molar-refractivity contribution in [3.8, 4) is 11.5 Å². The first kappa shape index (κ1) is 28.7. The lowest BCUT2D eigenvalue weighted by Gasteiger charge is -2.26. The molecule has 1 fully saturated rings. The molecule has 1 saturated heterocycles. The van der Waals surface area contributed by atoms with Crippen LogP contribution in [0.1, 0.15) is 5.56 Å². The SMILES string of the molecule is COc1cc(/C=C2/C(=O)NC(=O)N(c3ccc(Cl)c(Cl)c3)C2=O)cc(I)c1OCC(=O)Nc1ccccc1Cl. The van der Waals surface area contributed by atoms with Crippen LogP contribution in [-0.4, -0.2) is 37.5 Å². The number of methoxy groups -OCH3 is 1. The Bertz CT molecular complexity index is 1550. The molecule has 0 atom stereocenters. The number of ether oxygens (including phenoxy) is 2. The van der Waals surface area contributed by atoms with Crippen LogP contribution in [-0.2, 0) is 14.4 Å². The van der Waals surface area contributed by atoms with Crippen LogP contribution >= 0.6 is 57.4 Å². The first-order valence-electron chi connectivity index (χ1n) is 11.0. The third kappa shape index (κ3) is 6.47. The van der Waals surface area contributed by atoms with Gasteiger partial charge in [0.05, 0.1) is 37.1 Å². The zero-order chi connectivity index (χ0) is 28.3. The normalized spacial score (nSPS) is 14.3. The zero-order valence-corrected chi connectivity index (χ0v) is 24.3. The molecule has 1 aliphatic rings. The van der Waals surface area contributed by atoms with Crippen molar-refractivity contribution in [3.05, 3.63) is 84.4 Å². The van der Waals surface area contributed by atoms with Gasteiger partial charge < -0.3 is 14.8 Å². The maximum absolute atomic E-state index is 13.2. The highest BCUT2D eigenvalue weighted by Crippen LogP contribution is 2.35. The number of carbonyl (C=O) groups is 4. The second-order valence-electron chi connectivity index (χ2n) is 7.91. The standard InChI is InChI=1S/C26H17Cl3IN3O6/c1-38-21-10-13(9-19(30)23(21)39-12-22(34)31-20-5-3-2-4-17(20)28)8-15-24(35)32-26(37)33(25(15)36)14-6-7-16(27)18(29)11-14/h2-11H,12H2,1H3,(H,31,34)(H,32,35,37)/b15-8-. The van der Waals surface area contributed by atoms with Crippen LogP contribution in [0.4, 0.5) is 16.2 Å². The molecule has 4 rings (SSSR count). The number of anilines is 2. The lowest BCUT2D eigenvalue weighted by Crippen LogP contribution is -2.54. The van der Waals surface area contributed by atoms with E-state index in [1.807, 2.05) is 22.6 Å². The topological polar surface area (TPSA) is 114 Å². The van der Waals surface area contributed by atoms with Gasteiger partial charge in [0.15, 0.2) is 18.1 Å². The molecular formula is C26H17Cl3IN3O6. The number of rotatable bonds is 7. The summed E-state index contributed by atoms with van der Waals surface area (Å²) >= 11 is 20.0. The second-order valence-corrected chi connectivity index (χ2v) is 10.3. The van der Waals surface area contributed by atoms with Crippen LogP contribution in [0.15, 0.2) is 60.2 Å². The lowest BCUT2D eigenvalue weighted by molar-refractivity contribution is -0.122. The monoisotopic (exact) mass is 699 g/mol. The van der Waals surface area contributed by atoms with Gasteiger partial charge in [-0.1, -0.05) is 46.9 Å². The Balaban J connectivity index is 1.57. The number of hydrogen-bond acceptors (Lipinski definition) is 6. The third-order valence-electron chi connectivity index (χ3n) is 5.32. The molecule has 0 bridgehead atoms. The van der Waals surface area contributed by atoms with Crippen molar-refractivity contribution in [2.45, 2.75) is 0 Å². The molecule has 0 radical (unpaired) electrons. The summed E-state index contributed by atoms with van der Waals surface area (Å²) in [5, 5.41) is 5.56. The van der Waals surface area contributed by atoms with E-state index in [-0.39, 0.29) is 39.4 Å². The van der Waals surface area contributed by atoms with Crippen LogP contribution in [0.5, 0.6) is 11.5 Å². The molecule has 0 saturated carbocycles. The molecule has 0 unspecified atom stereocenters.